The third kappa shape index (κ3) is 3.66. The summed E-state index contributed by atoms with van der Waals surface area (Å²) in [6.45, 7) is 9.77. The summed E-state index contributed by atoms with van der Waals surface area (Å²) in [4.78, 5) is 11.6. The molecule has 1 saturated heterocycles. The van der Waals surface area contributed by atoms with E-state index in [1.165, 1.54) is 24.8 Å². The molecule has 0 radical (unpaired) electrons. The Bertz CT molecular complexity index is 428. The van der Waals surface area contributed by atoms with Gasteiger partial charge < -0.3 is 10.2 Å². The highest BCUT2D eigenvalue weighted by atomic mass is 15.2. The number of aromatic nitrogens is 2. The molecule has 1 aliphatic heterocycles. The Morgan fingerprint density at radius 2 is 2.11 bits per heavy atom. The van der Waals surface area contributed by atoms with Crippen molar-refractivity contribution in [1.82, 2.24) is 15.3 Å². The SMILES string of the molecule is CNCc1cnc(N2CCCC(C)(C)CC2)nc1C. The van der Waals surface area contributed by atoms with Gasteiger partial charge in [0.2, 0.25) is 5.95 Å². The van der Waals surface area contributed by atoms with Crippen LogP contribution in [0.1, 0.15) is 44.4 Å². The summed E-state index contributed by atoms with van der Waals surface area (Å²) in [6.07, 6.45) is 5.70. The van der Waals surface area contributed by atoms with Crippen LogP contribution in [0.2, 0.25) is 0 Å². The molecule has 4 nitrogen and oxygen atoms in total. The van der Waals surface area contributed by atoms with Gasteiger partial charge >= 0.3 is 0 Å². The molecule has 0 bridgehead atoms. The number of nitrogens with zero attached hydrogens (tertiary/aromatic N) is 3. The first-order chi connectivity index (χ1) is 9.02. The smallest absolute Gasteiger partial charge is 0.225 e. The molecule has 19 heavy (non-hydrogen) atoms. The minimum atomic E-state index is 0.454. The number of anilines is 1. The van der Waals surface area contributed by atoms with Crippen molar-refractivity contribution in [3.8, 4) is 0 Å². The molecular weight excluding hydrogens is 236 g/mol. The molecule has 0 aliphatic carbocycles. The largest absolute Gasteiger partial charge is 0.341 e. The zero-order valence-electron chi connectivity index (χ0n) is 12.7. The summed E-state index contributed by atoms with van der Waals surface area (Å²) in [5.41, 5.74) is 2.72. The Morgan fingerprint density at radius 3 is 2.79 bits per heavy atom. The molecule has 4 heteroatoms. The standard InChI is InChI=1S/C15H26N4/c1-12-13(10-16-4)11-17-14(18-12)19-8-5-6-15(2,3)7-9-19/h11,16H,5-10H2,1-4H3. The van der Waals surface area contributed by atoms with Crippen LogP contribution in [0, 0.1) is 12.3 Å². The number of hydrogen-bond acceptors (Lipinski definition) is 4. The van der Waals surface area contributed by atoms with E-state index >= 15 is 0 Å². The maximum atomic E-state index is 4.68. The molecule has 1 N–H and O–H groups in total. The van der Waals surface area contributed by atoms with Crippen LogP contribution >= 0.6 is 0 Å². The molecule has 0 amide bonds. The van der Waals surface area contributed by atoms with Gasteiger partial charge in [0.25, 0.3) is 0 Å². The fourth-order valence-electron chi connectivity index (χ4n) is 2.62. The molecule has 1 aromatic heterocycles. The minimum Gasteiger partial charge on any atom is -0.341 e. The van der Waals surface area contributed by atoms with Crippen molar-refractivity contribution in [2.75, 3.05) is 25.0 Å². The van der Waals surface area contributed by atoms with Gasteiger partial charge in [0, 0.05) is 37.1 Å². The monoisotopic (exact) mass is 262 g/mol. The molecule has 1 aliphatic rings. The van der Waals surface area contributed by atoms with E-state index in [1.807, 2.05) is 13.2 Å². The highest BCUT2D eigenvalue weighted by Gasteiger charge is 2.24. The van der Waals surface area contributed by atoms with Crippen molar-refractivity contribution < 1.29 is 0 Å². The normalized spacial score (nSPS) is 19.3. The van der Waals surface area contributed by atoms with Gasteiger partial charge in [0.05, 0.1) is 0 Å². The molecule has 106 valence electrons. The van der Waals surface area contributed by atoms with Crippen molar-refractivity contribution in [3.63, 3.8) is 0 Å². The second-order valence-corrected chi connectivity index (χ2v) is 6.32. The van der Waals surface area contributed by atoms with Crippen molar-refractivity contribution in [1.29, 1.82) is 0 Å². The van der Waals surface area contributed by atoms with E-state index in [0.717, 1.165) is 31.3 Å². The van der Waals surface area contributed by atoms with Crippen LogP contribution in [0.15, 0.2) is 6.20 Å². The van der Waals surface area contributed by atoms with E-state index in [2.05, 4.69) is 41.0 Å². The van der Waals surface area contributed by atoms with Gasteiger partial charge in [-0.3, -0.25) is 0 Å². The highest BCUT2D eigenvalue weighted by molar-refractivity contribution is 5.33. The highest BCUT2D eigenvalue weighted by Crippen LogP contribution is 2.30. The third-order valence-corrected chi connectivity index (χ3v) is 4.06. The molecule has 0 spiro atoms. The zero-order valence-corrected chi connectivity index (χ0v) is 12.7. The summed E-state index contributed by atoms with van der Waals surface area (Å²) in [7, 11) is 1.95. The first-order valence-electron chi connectivity index (χ1n) is 7.24. The van der Waals surface area contributed by atoms with Crippen molar-refractivity contribution in [2.24, 2.45) is 5.41 Å². The Morgan fingerprint density at radius 1 is 1.32 bits per heavy atom. The van der Waals surface area contributed by atoms with E-state index in [0.29, 0.717) is 5.41 Å². The van der Waals surface area contributed by atoms with Gasteiger partial charge in [-0.2, -0.15) is 0 Å². The van der Waals surface area contributed by atoms with Crippen LogP contribution < -0.4 is 10.2 Å². The summed E-state index contributed by atoms with van der Waals surface area (Å²) >= 11 is 0. The van der Waals surface area contributed by atoms with Crippen LogP contribution in [-0.2, 0) is 6.54 Å². The summed E-state index contributed by atoms with van der Waals surface area (Å²) in [6, 6.07) is 0. The molecule has 0 unspecified atom stereocenters. The summed E-state index contributed by atoms with van der Waals surface area (Å²) in [5, 5.41) is 3.15. The summed E-state index contributed by atoms with van der Waals surface area (Å²) < 4.78 is 0. The molecule has 0 aromatic carbocycles. The second-order valence-electron chi connectivity index (χ2n) is 6.32. The van der Waals surface area contributed by atoms with Gasteiger partial charge in [-0.25, -0.2) is 9.97 Å². The van der Waals surface area contributed by atoms with Gasteiger partial charge in [0.1, 0.15) is 0 Å². The average Bonchev–Trinajstić information content (AvgIpc) is 2.53. The van der Waals surface area contributed by atoms with Crippen LogP contribution in [-0.4, -0.2) is 30.1 Å². The molecule has 1 aromatic rings. The Labute approximate surface area is 116 Å². The predicted molar refractivity (Wildman–Crippen MR) is 79.4 cm³/mol. The van der Waals surface area contributed by atoms with Gasteiger partial charge in [-0.15, -0.1) is 0 Å². The molecule has 0 saturated carbocycles. The Hall–Kier alpha value is -1.16. The lowest BCUT2D eigenvalue weighted by molar-refractivity contribution is 0.325. The molecule has 2 heterocycles. The maximum Gasteiger partial charge on any atom is 0.225 e. The average molecular weight is 262 g/mol. The van der Waals surface area contributed by atoms with Crippen LogP contribution in [0.5, 0.6) is 0 Å². The minimum absolute atomic E-state index is 0.454. The number of rotatable bonds is 3. The van der Waals surface area contributed by atoms with Gasteiger partial charge in [-0.05, 0) is 38.6 Å². The topological polar surface area (TPSA) is 41.1 Å². The lowest BCUT2D eigenvalue weighted by atomic mass is 9.85. The number of hydrogen-bond donors (Lipinski definition) is 1. The lowest BCUT2D eigenvalue weighted by Crippen LogP contribution is -2.27. The van der Waals surface area contributed by atoms with E-state index in [9.17, 15) is 0 Å². The van der Waals surface area contributed by atoms with Crippen LogP contribution in [0.4, 0.5) is 5.95 Å². The Balaban J connectivity index is 2.11. The van der Waals surface area contributed by atoms with Gasteiger partial charge in [0.15, 0.2) is 0 Å². The predicted octanol–water partition coefficient (Wildman–Crippen LogP) is 2.52. The van der Waals surface area contributed by atoms with Gasteiger partial charge in [-0.1, -0.05) is 13.8 Å². The number of aryl methyl sites for hydroxylation is 1. The fraction of sp³-hybridized carbons (Fsp3) is 0.733. The molecule has 0 atom stereocenters. The quantitative estimate of drug-likeness (QED) is 0.909. The first kappa shape index (κ1) is 14.3. The number of nitrogens with one attached hydrogen (secondary N) is 1. The van der Waals surface area contributed by atoms with Crippen molar-refractivity contribution >= 4 is 5.95 Å². The van der Waals surface area contributed by atoms with Crippen LogP contribution in [0.3, 0.4) is 0 Å². The molecule has 2 rings (SSSR count). The van der Waals surface area contributed by atoms with Crippen molar-refractivity contribution in [2.45, 2.75) is 46.6 Å². The zero-order chi connectivity index (χ0) is 13.9. The molecule has 1 fully saturated rings. The van der Waals surface area contributed by atoms with E-state index in [-0.39, 0.29) is 0 Å². The fourth-order valence-corrected chi connectivity index (χ4v) is 2.62. The summed E-state index contributed by atoms with van der Waals surface area (Å²) in [5.74, 6) is 0.898. The van der Waals surface area contributed by atoms with E-state index < -0.39 is 0 Å². The van der Waals surface area contributed by atoms with Crippen molar-refractivity contribution in [3.05, 3.63) is 17.5 Å². The van der Waals surface area contributed by atoms with E-state index in [1.54, 1.807) is 0 Å². The Kier molecular flexibility index (Phi) is 4.40. The first-order valence-corrected chi connectivity index (χ1v) is 7.24. The maximum absolute atomic E-state index is 4.68. The molecular formula is C15H26N4. The lowest BCUT2D eigenvalue weighted by Gasteiger charge is -2.23. The second kappa shape index (κ2) is 5.87. The third-order valence-electron chi connectivity index (χ3n) is 4.06. The van der Waals surface area contributed by atoms with Crippen LogP contribution in [0.25, 0.3) is 0 Å². The van der Waals surface area contributed by atoms with E-state index in [4.69, 9.17) is 0 Å².